The number of phosphoric acid groups is 1. The van der Waals surface area contributed by atoms with Crippen molar-refractivity contribution < 1.29 is 37.3 Å². The highest BCUT2D eigenvalue weighted by molar-refractivity contribution is 7.47. The fraction of sp³-hybridized carbons (Fsp3) is 0.723. The van der Waals surface area contributed by atoms with E-state index in [1.54, 1.807) is 0 Å². The van der Waals surface area contributed by atoms with Gasteiger partial charge in [-0.2, -0.15) is 0 Å². The van der Waals surface area contributed by atoms with Gasteiger partial charge in [-0.05, 0) is 57.8 Å². The molecule has 0 fully saturated rings. The summed E-state index contributed by atoms with van der Waals surface area (Å²) in [5.41, 5.74) is 0. The van der Waals surface area contributed by atoms with Crippen molar-refractivity contribution >= 4 is 13.8 Å². The maximum absolute atomic E-state index is 12.7. The minimum Gasteiger partial charge on any atom is -0.457 e. The van der Waals surface area contributed by atoms with E-state index in [-0.39, 0.29) is 25.8 Å². The molecule has 8 nitrogen and oxygen atoms in total. The van der Waals surface area contributed by atoms with Gasteiger partial charge in [0, 0.05) is 13.0 Å². The number of esters is 1. The molecule has 0 radical (unpaired) electrons. The van der Waals surface area contributed by atoms with Crippen LogP contribution in [-0.4, -0.2) is 75.6 Å². The first kappa shape index (κ1) is 53.9. The van der Waals surface area contributed by atoms with Crippen LogP contribution in [0.4, 0.5) is 0 Å². The molecular weight excluding hydrogens is 721 g/mol. The lowest BCUT2D eigenvalue weighted by molar-refractivity contribution is -0.870. The number of ether oxygens (including phenoxy) is 2. The van der Waals surface area contributed by atoms with Crippen LogP contribution in [-0.2, 0) is 27.9 Å². The molecule has 0 aromatic carbocycles. The van der Waals surface area contributed by atoms with Crippen molar-refractivity contribution in [2.24, 2.45) is 0 Å². The second-order valence-corrected chi connectivity index (χ2v) is 17.2. The normalized spacial score (nSPS) is 14.5. The van der Waals surface area contributed by atoms with Gasteiger partial charge in [0.05, 0.1) is 34.4 Å². The molecule has 324 valence electrons. The number of carbonyl (C=O) groups excluding carboxylic acids is 1. The monoisotopic (exact) mass is 807 g/mol. The number of quaternary nitrogens is 1. The molecule has 0 aliphatic carbocycles. The van der Waals surface area contributed by atoms with E-state index in [4.69, 9.17) is 18.5 Å². The molecule has 56 heavy (non-hydrogen) atoms. The quantitative estimate of drug-likeness (QED) is 0.0217. The standard InChI is InChI=1S/C47H84NO7P/c1-6-8-10-12-14-16-18-20-22-23-24-25-26-27-29-31-33-35-37-39-42-52-44-46(45-54-56(50,51)53-43-41-48(3,4)5)55-47(49)40-38-36-34-32-30-28-21-19-17-15-13-11-9-7-2/h8,10,14,16,20,22,24-25,27,29,33,35,46H,6-7,9,11-13,15,17-19,21,23,26,28,30-32,34,36-45H2,1-5H3/p+1/b10-8-,16-14-,22-20-,25-24-,29-27-,35-33-. The zero-order valence-corrected chi connectivity index (χ0v) is 37.5. The summed E-state index contributed by atoms with van der Waals surface area (Å²) < 4.78 is 34.9. The smallest absolute Gasteiger partial charge is 0.457 e. The topological polar surface area (TPSA) is 91.3 Å². The third-order valence-electron chi connectivity index (χ3n) is 9.03. The van der Waals surface area contributed by atoms with Crippen molar-refractivity contribution in [2.75, 3.05) is 54.1 Å². The fourth-order valence-corrected chi connectivity index (χ4v) is 6.37. The minimum atomic E-state index is -4.29. The van der Waals surface area contributed by atoms with Gasteiger partial charge in [0.1, 0.15) is 19.3 Å². The number of hydrogen-bond acceptors (Lipinski definition) is 6. The van der Waals surface area contributed by atoms with Gasteiger partial charge in [-0.25, -0.2) is 4.57 Å². The predicted molar refractivity (Wildman–Crippen MR) is 238 cm³/mol. The Hall–Kier alpha value is -2.06. The summed E-state index contributed by atoms with van der Waals surface area (Å²) in [5, 5.41) is 0. The van der Waals surface area contributed by atoms with Crippen molar-refractivity contribution in [3.05, 3.63) is 72.9 Å². The highest BCUT2D eigenvalue weighted by atomic mass is 31.2. The zero-order chi connectivity index (χ0) is 41.3. The Morgan fingerprint density at radius 2 is 1.02 bits per heavy atom. The summed E-state index contributed by atoms with van der Waals surface area (Å²) in [6.07, 6.45) is 50.9. The molecule has 0 saturated carbocycles. The van der Waals surface area contributed by atoms with Gasteiger partial charge in [0.2, 0.25) is 0 Å². The molecule has 0 saturated heterocycles. The zero-order valence-electron chi connectivity index (χ0n) is 36.6. The predicted octanol–water partition coefficient (Wildman–Crippen LogP) is 13.1. The SMILES string of the molecule is CC/C=C\C/C=C\C/C=C\C/C=C\C/C=C\C/C=C\CCCOCC(COP(=O)(O)OCC[N+](C)(C)C)OC(=O)CCCCCCCCCCCCCCCC. The van der Waals surface area contributed by atoms with Gasteiger partial charge in [-0.1, -0.05) is 170 Å². The number of rotatable bonds is 40. The second kappa shape index (κ2) is 39.8. The number of phosphoric ester groups is 1. The molecular formula is C47H85NO7P+. The van der Waals surface area contributed by atoms with Crippen molar-refractivity contribution in [2.45, 2.75) is 168 Å². The first-order valence-corrected chi connectivity index (χ1v) is 23.7. The first-order valence-electron chi connectivity index (χ1n) is 22.2. The number of nitrogens with zero attached hydrogens (tertiary/aromatic N) is 1. The van der Waals surface area contributed by atoms with E-state index in [0.717, 1.165) is 70.6 Å². The van der Waals surface area contributed by atoms with Gasteiger partial charge >= 0.3 is 13.8 Å². The van der Waals surface area contributed by atoms with E-state index in [9.17, 15) is 14.3 Å². The van der Waals surface area contributed by atoms with Gasteiger partial charge < -0.3 is 18.9 Å². The Balaban J connectivity index is 4.35. The Morgan fingerprint density at radius 3 is 1.48 bits per heavy atom. The Kier molecular flexibility index (Phi) is 38.3. The molecule has 0 aliphatic heterocycles. The third kappa shape index (κ3) is 43.1. The number of hydrogen-bond donors (Lipinski definition) is 1. The van der Waals surface area contributed by atoms with Crippen molar-refractivity contribution in [3.63, 3.8) is 0 Å². The molecule has 0 aromatic rings. The Morgan fingerprint density at radius 1 is 0.571 bits per heavy atom. The minimum absolute atomic E-state index is 0.0754. The van der Waals surface area contributed by atoms with Gasteiger partial charge in [-0.15, -0.1) is 0 Å². The molecule has 2 atom stereocenters. The number of likely N-dealkylation sites (N-methyl/N-ethyl adjacent to an activating group) is 1. The van der Waals surface area contributed by atoms with Crippen molar-refractivity contribution in [1.29, 1.82) is 0 Å². The van der Waals surface area contributed by atoms with E-state index in [2.05, 4.69) is 86.8 Å². The van der Waals surface area contributed by atoms with Gasteiger partial charge in [0.25, 0.3) is 0 Å². The molecule has 1 N–H and O–H groups in total. The van der Waals surface area contributed by atoms with Crippen LogP contribution >= 0.6 is 7.82 Å². The largest absolute Gasteiger partial charge is 0.472 e. The maximum atomic E-state index is 12.7. The molecule has 0 heterocycles. The number of allylic oxidation sites excluding steroid dienone is 12. The second-order valence-electron chi connectivity index (χ2n) is 15.7. The summed E-state index contributed by atoms with van der Waals surface area (Å²) in [6.45, 7) is 5.34. The van der Waals surface area contributed by atoms with Crippen LogP contribution in [0.2, 0.25) is 0 Å². The van der Waals surface area contributed by atoms with E-state index >= 15 is 0 Å². The van der Waals surface area contributed by atoms with Crippen LogP contribution in [0.25, 0.3) is 0 Å². The maximum Gasteiger partial charge on any atom is 0.472 e. The van der Waals surface area contributed by atoms with Crippen molar-refractivity contribution in [3.8, 4) is 0 Å². The Labute approximate surface area is 344 Å². The van der Waals surface area contributed by atoms with E-state index in [1.807, 2.05) is 21.1 Å². The summed E-state index contributed by atoms with van der Waals surface area (Å²) in [5.74, 6) is -0.335. The van der Waals surface area contributed by atoms with E-state index in [0.29, 0.717) is 24.1 Å². The van der Waals surface area contributed by atoms with Crippen LogP contribution in [0.3, 0.4) is 0 Å². The highest BCUT2D eigenvalue weighted by Crippen LogP contribution is 2.43. The van der Waals surface area contributed by atoms with Crippen molar-refractivity contribution in [1.82, 2.24) is 0 Å². The molecule has 0 spiro atoms. The highest BCUT2D eigenvalue weighted by Gasteiger charge is 2.26. The molecule has 0 aromatic heterocycles. The average molecular weight is 807 g/mol. The first-order chi connectivity index (χ1) is 27.1. The lowest BCUT2D eigenvalue weighted by atomic mass is 10.0. The summed E-state index contributed by atoms with van der Waals surface area (Å²) in [4.78, 5) is 22.9. The summed E-state index contributed by atoms with van der Waals surface area (Å²) in [6, 6.07) is 0. The summed E-state index contributed by atoms with van der Waals surface area (Å²) >= 11 is 0. The lowest BCUT2D eigenvalue weighted by Gasteiger charge is -2.24. The number of unbranched alkanes of at least 4 members (excludes halogenated alkanes) is 14. The molecule has 9 heteroatoms. The van der Waals surface area contributed by atoms with Crippen LogP contribution in [0, 0.1) is 0 Å². The van der Waals surface area contributed by atoms with Gasteiger partial charge in [-0.3, -0.25) is 13.8 Å². The molecule has 0 aliphatic rings. The van der Waals surface area contributed by atoms with E-state index in [1.165, 1.54) is 70.6 Å². The van der Waals surface area contributed by atoms with Crippen LogP contribution in [0.1, 0.15) is 162 Å². The van der Waals surface area contributed by atoms with Crippen LogP contribution in [0.15, 0.2) is 72.9 Å². The molecule has 2 unspecified atom stereocenters. The Bertz CT molecular complexity index is 1120. The van der Waals surface area contributed by atoms with Crippen LogP contribution in [0.5, 0.6) is 0 Å². The molecule has 0 rings (SSSR count). The fourth-order valence-electron chi connectivity index (χ4n) is 5.63. The molecule has 0 amide bonds. The average Bonchev–Trinajstić information content (AvgIpc) is 3.15. The van der Waals surface area contributed by atoms with E-state index < -0.39 is 13.9 Å². The van der Waals surface area contributed by atoms with Gasteiger partial charge in [0.15, 0.2) is 0 Å². The lowest BCUT2D eigenvalue weighted by Crippen LogP contribution is -2.37. The summed E-state index contributed by atoms with van der Waals surface area (Å²) in [7, 11) is 1.62. The van der Waals surface area contributed by atoms with Crippen LogP contribution < -0.4 is 0 Å². The number of carbonyl (C=O) groups is 1. The third-order valence-corrected chi connectivity index (χ3v) is 10.0. The molecule has 0 bridgehead atoms.